The van der Waals surface area contributed by atoms with Crippen LogP contribution in [0.4, 0.5) is 11.4 Å². The summed E-state index contributed by atoms with van der Waals surface area (Å²) in [7, 11) is -0.179. The quantitative estimate of drug-likeness (QED) is 0.537. The molecule has 1 rings (SSSR count). The second-order valence-corrected chi connectivity index (χ2v) is 6.64. The highest BCUT2D eigenvalue weighted by molar-refractivity contribution is 7.90. The number of amides is 1. The highest BCUT2D eigenvalue weighted by atomic mass is 32.2. The summed E-state index contributed by atoms with van der Waals surface area (Å²) < 4.78 is 28.1. The van der Waals surface area contributed by atoms with Crippen molar-refractivity contribution in [3.05, 3.63) is 18.2 Å². The van der Waals surface area contributed by atoms with E-state index in [2.05, 4.69) is 5.32 Å². The Morgan fingerprint density at radius 3 is 2.67 bits per heavy atom. The van der Waals surface area contributed by atoms with Gasteiger partial charge < -0.3 is 20.7 Å². The molecular weight excluding hydrogens is 294 g/mol. The average molecular weight is 315 g/mol. The van der Waals surface area contributed by atoms with Crippen LogP contribution in [0.5, 0.6) is 0 Å². The summed E-state index contributed by atoms with van der Waals surface area (Å²) in [5, 5.41) is 2.68. The van der Waals surface area contributed by atoms with Crippen molar-refractivity contribution in [2.75, 3.05) is 50.7 Å². The van der Waals surface area contributed by atoms with E-state index in [0.717, 1.165) is 6.26 Å². The van der Waals surface area contributed by atoms with Crippen LogP contribution in [-0.2, 0) is 19.4 Å². The maximum atomic E-state index is 11.7. The normalized spacial score (nSPS) is 11.2. The van der Waals surface area contributed by atoms with E-state index in [0.29, 0.717) is 18.8 Å². The maximum Gasteiger partial charge on any atom is 0.239 e. The number of ether oxygens (including phenoxy) is 1. The van der Waals surface area contributed by atoms with E-state index >= 15 is 0 Å². The predicted octanol–water partition coefficient (Wildman–Crippen LogP) is -0.129. The van der Waals surface area contributed by atoms with Gasteiger partial charge in [-0.1, -0.05) is 6.07 Å². The van der Waals surface area contributed by atoms with Gasteiger partial charge in [-0.15, -0.1) is 0 Å². The molecule has 0 spiro atoms. The molecule has 8 heteroatoms. The molecule has 0 bridgehead atoms. The fraction of sp³-hybridized carbons (Fsp3) is 0.462. The van der Waals surface area contributed by atoms with Crippen LogP contribution >= 0.6 is 0 Å². The van der Waals surface area contributed by atoms with Crippen LogP contribution < -0.4 is 16.0 Å². The van der Waals surface area contributed by atoms with E-state index in [1.165, 1.54) is 6.07 Å². The van der Waals surface area contributed by atoms with Gasteiger partial charge in [0.2, 0.25) is 5.91 Å². The number of para-hydroxylation sites is 1. The Balaban J connectivity index is 2.84. The monoisotopic (exact) mass is 315 g/mol. The van der Waals surface area contributed by atoms with Gasteiger partial charge in [0.05, 0.1) is 29.4 Å². The van der Waals surface area contributed by atoms with E-state index in [1.807, 2.05) is 0 Å². The van der Waals surface area contributed by atoms with Crippen molar-refractivity contribution in [2.45, 2.75) is 4.90 Å². The van der Waals surface area contributed by atoms with Crippen molar-refractivity contribution in [3.63, 3.8) is 0 Å². The molecule has 0 aliphatic rings. The summed E-state index contributed by atoms with van der Waals surface area (Å²) in [4.78, 5) is 13.4. The zero-order valence-corrected chi connectivity index (χ0v) is 13.2. The minimum absolute atomic E-state index is 0.0617. The Kier molecular flexibility index (Phi) is 5.98. The van der Waals surface area contributed by atoms with Crippen LogP contribution in [0, 0.1) is 0 Å². The summed E-state index contributed by atoms with van der Waals surface area (Å²) >= 11 is 0. The van der Waals surface area contributed by atoms with Gasteiger partial charge in [-0.2, -0.15) is 0 Å². The third-order valence-electron chi connectivity index (χ3n) is 2.86. The Morgan fingerprint density at radius 1 is 1.43 bits per heavy atom. The molecule has 0 fully saturated rings. The highest BCUT2D eigenvalue weighted by Gasteiger charge is 2.17. The summed E-state index contributed by atoms with van der Waals surface area (Å²) in [6.07, 6.45) is 1.10. The molecule has 0 aliphatic heterocycles. The van der Waals surface area contributed by atoms with Crippen molar-refractivity contribution in [1.29, 1.82) is 0 Å². The van der Waals surface area contributed by atoms with E-state index in [-0.39, 0.29) is 23.0 Å². The fourth-order valence-electron chi connectivity index (χ4n) is 1.84. The van der Waals surface area contributed by atoms with E-state index in [1.54, 1.807) is 31.2 Å². The number of nitrogens with one attached hydrogen (secondary N) is 1. The largest absolute Gasteiger partial charge is 0.396 e. The molecule has 0 radical (unpaired) electrons. The molecule has 7 nitrogen and oxygen atoms in total. The number of carbonyl (C=O) groups is 1. The summed E-state index contributed by atoms with van der Waals surface area (Å²) in [6.45, 7) is 0.921. The number of hydrogen-bond donors (Lipinski definition) is 2. The molecule has 0 unspecified atom stereocenters. The SMILES string of the molecule is COCCNC(=O)CN(C)c1cccc(S(C)(=O)=O)c1N. The smallest absolute Gasteiger partial charge is 0.239 e. The molecule has 0 saturated heterocycles. The molecule has 0 aliphatic carbocycles. The second-order valence-electron chi connectivity index (χ2n) is 4.66. The number of nitrogens with zero attached hydrogens (tertiary/aromatic N) is 1. The molecule has 1 amide bonds. The maximum absolute atomic E-state index is 11.7. The van der Waals surface area contributed by atoms with Crippen LogP contribution in [0.1, 0.15) is 0 Å². The molecule has 3 N–H and O–H groups in total. The molecule has 21 heavy (non-hydrogen) atoms. The van der Waals surface area contributed by atoms with Crippen molar-refractivity contribution in [2.24, 2.45) is 0 Å². The molecule has 0 saturated carbocycles. The van der Waals surface area contributed by atoms with E-state index in [4.69, 9.17) is 10.5 Å². The lowest BCUT2D eigenvalue weighted by Gasteiger charge is -2.21. The van der Waals surface area contributed by atoms with Crippen LogP contribution in [0.25, 0.3) is 0 Å². The molecule has 0 atom stereocenters. The second kappa shape index (κ2) is 7.28. The highest BCUT2D eigenvalue weighted by Crippen LogP contribution is 2.28. The minimum atomic E-state index is -3.40. The summed E-state index contributed by atoms with van der Waals surface area (Å²) in [6, 6.07) is 4.72. The lowest BCUT2D eigenvalue weighted by molar-refractivity contribution is -0.119. The van der Waals surface area contributed by atoms with Gasteiger partial charge in [0, 0.05) is 27.0 Å². The minimum Gasteiger partial charge on any atom is -0.396 e. The Morgan fingerprint density at radius 2 is 2.10 bits per heavy atom. The Bertz CT molecular complexity index is 601. The molecule has 118 valence electrons. The number of methoxy groups -OCH3 is 1. The number of anilines is 2. The third-order valence-corrected chi connectivity index (χ3v) is 4.02. The van der Waals surface area contributed by atoms with E-state index < -0.39 is 9.84 Å². The van der Waals surface area contributed by atoms with Crippen molar-refractivity contribution < 1.29 is 17.9 Å². The number of benzene rings is 1. The Hall–Kier alpha value is -1.80. The molecule has 1 aromatic carbocycles. The number of rotatable bonds is 7. The van der Waals surface area contributed by atoms with Gasteiger partial charge in [-0.3, -0.25) is 4.79 Å². The van der Waals surface area contributed by atoms with Crippen LogP contribution in [0.3, 0.4) is 0 Å². The van der Waals surface area contributed by atoms with Crippen molar-refractivity contribution >= 4 is 27.1 Å². The first-order chi connectivity index (χ1) is 9.77. The number of sulfone groups is 1. The molecule has 0 aromatic heterocycles. The molecule has 0 heterocycles. The van der Waals surface area contributed by atoms with Gasteiger partial charge in [0.25, 0.3) is 0 Å². The van der Waals surface area contributed by atoms with Gasteiger partial charge in [0.15, 0.2) is 9.84 Å². The zero-order chi connectivity index (χ0) is 16.0. The average Bonchev–Trinajstić information content (AvgIpc) is 2.37. The third kappa shape index (κ3) is 4.91. The molecular formula is C13H21N3O4S. The van der Waals surface area contributed by atoms with Crippen LogP contribution in [0.15, 0.2) is 23.1 Å². The predicted molar refractivity (Wildman–Crippen MR) is 82.1 cm³/mol. The van der Waals surface area contributed by atoms with Gasteiger partial charge in [-0.25, -0.2) is 8.42 Å². The first-order valence-electron chi connectivity index (χ1n) is 6.32. The number of likely N-dealkylation sites (N-methyl/N-ethyl adjacent to an activating group) is 1. The number of carbonyl (C=O) groups excluding carboxylic acids is 1. The number of hydrogen-bond acceptors (Lipinski definition) is 6. The summed E-state index contributed by atoms with van der Waals surface area (Å²) in [5.74, 6) is -0.196. The number of nitrogens with two attached hydrogens (primary N) is 1. The zero-order valence-electron chi connectivity index (χ0n) is 12.4. The van der Waals surface area contributed by atoms with Crippen molar-refractivity contribution in [3.8, 4) is 0 Å². The van der Waals surface area contributed by atoms with Crippen molar-refractivity contribution in [1.82, 2.24) is 5.32 Å². The lowest BCUT2D eigenvalue weighted by atomic mass is 10.2. The van der Waals surface area contributed by atoms with Gasteiger partial charge in [-0.05, 0) is 12.1 Å². The summed E-state index contributed by atoms with van der Waals surface area (Å²) in [5.41, 5.74) is 6.54. The van der Waals surface area contributed by atoms with Crippen LogP contribution in [0.2, 0.25) is 0 Å². The van der Waals surface area contributed by atoms with Crippen LogP contribution in [-0.4, -0.2) is 54.4 Å². The lowest BCUT2D eigenvalue weighted by Crippen LogP contribution is -2.37. The van der Waals surface area contributed by atoms with Gasteiger partial charge in [0.1, 0.15) is 0 Å². The topological polar surface area (TPSA) is 102 Å². The Labute approximate surface area is 125 Å². The fourth-order valence-corrected chi connectivity index (χ4v) is 2.67. The van der Waals surface area contributed by atoms with E-state index in [9.17, 15) is 13.2 Å². The first kappa shape index (κ1) is 17.3. The van der Waals surface area contributed by atoms with Gasteiger partial charge >= 0.3 is 0 Å². The standard InChI is InChI=1S/C13H21N3O4S/c1-16(9-12(17)15-7-8-20-2)10-5-4-6-11(13(10)14)21(3,18)19/h4-6H,7-9,14H2,1-3H3,(H,15,17). The number of nitrogen functional groups attached to an aromatic ring is 1. The first-order valence-corrected chi connectivity index (χ1v) is 8.22. The molecule has 1 aromatic rings.